The highest BCUT2D eigenvalue weighted by molar-refractivity contribution is 6.11. The Morgan fingerprint density at radius 3 is 2.45 bits per heavy atom. The van der Waals surface area contributed by atoms with Gasteiger partial charge in [-0.25, -0.2) is 10.4 Å². The number of nitrogens with two attached hydrogens (primary N) is 2. The minimum atomic E-state index is -0.430. The van der Waals surface area contributed by atoms with E-state index in [-0.39, 0.29) is 30.0 Å². The number of anilines is 2. The lowest BCUT2D eigenvalue weighted by Gasteiger charge is -2.26. The van der Waals surface area contributed by atoms with Crippen LogP contribution in [0.15, 0.2) is 12.1 Å². The van der Waals surface area contributed by atoms with Crippen LogP contribution in [0.5, 0.6) is 0 Å². The summed E-state index contributed by atoms with van der Waals surface area (Å²) in [5.41, 5.74) is 15.7. The summed E-state index contributed by atoms with van der Waals surface area (Å²) < 4.78 is 5.48. The first-order valence-electron chi connectivity index (χ1n) is 10.9. The number of hydrogen-bond acceptors (Lipinski definition) is 10. The van der Waals surface area contributed by atoms with Crippen molar-refractivity contribution in [1.29, 1.82) is 0 Å². The Morgan fingerprint density at radius 1 is 1.15 bits per heavy atom. The molecule has 11 heteroatoms. The van der Waals surface area contributed by atoms with Crippen LogP contribution in [-0.4, -0.2) is 72.0 Å². The van der Waals surface area contributed by atoms with Gasteiger partial charge in [0.15, 0.2) is 11.6 Å². The summed E-state index contributed by atoms with van der Waals surface area (Å²) in [6, 6.07) is 3.15. The van der Waals surface area contributed by atoms with E-state index in [1.54, 1.807) is 12.1 Å². The van der Waals surface area contributed by atoms with E-state index in [9.17, 15) is 14.4 Å². The summed E-state index contributed by atoms with van der Waals surface area (Å²) in [5, 5.41) is 2.02. The third-order valence-electron chi connectivity index (χ3n) is 5.58. The Hall–Kier alpha value is -3.15. The predicted octanol–water partition coefficient (Wildman–Crippen LogP) is 0.872. The number of fused-ring (bicyclic) bond motifs is 1. The van der Waals surface area contributed by atoms with E-state index in [1.807, 2.05) is 11.9 Å². The van der Waals surface area contributed by atoms with Crippen LogP contribution in [0.25, 0.3) is 10.9 Å². The molecule has 11 nitrogen and oxygen atoms in total. The lowest BCUT2D eigenvalue weighted by atomic mass is 9.99. The molecule has 2 aromatic rings. The van der Waals surface area contributed by atoms with Crippen LogP contribution in [0, 0.1) is 0 Å². The predicted molar refractivity (Wildman–Crippen MR) is 125 cm³/mol. The van der Waals surface area contributed by atoms with Gasteiger partial charge in [-0.2, -0.15) is 4.98 Å². The van der Waals surface area contributed by atoms with Crippen molar-refractivity contribution in [2.75, 3.05) is 44.0 Å². The molecule has 1 saturated heterocycles. The maximum atomic E-state index is 12.6. The Bertz CT molecular complexity index is 1050. The van der Waals surface area contributed by atoms with Crippen LogP contribution in [0.2, 0.25) is 0 Å². The van der Waals surface area contributed by atoms with Crippen molar-refractivity contribution in [2.24, 2.45) is 5.73 Å². The summed E-state index contributed by atoms with van der Waals surface area (Å²) >= 11 is 0. The normalized spacial score (nSPS) is 15.6. The van der Waals surface area contributed by atoms with E-state index in [2.05, 4.69) is 15.4 Å². The van der Waals surface area contributed by atoms with Crippen molar-refractivity contribution in [3.63, 3.8) is 0 Å². The molecular weight excluding hydrogens is 426 g/mol. The van der Waals surface area contributed by atoms with Gasteiger partial charge in [0.2, 0.25) is 5.95 Å². The van der Waals surface area contributed by atoms with Crippen LogP contribution in [0.3, 0.4) is 0 Å². The number of Topliss-reactive ketones (excluding diaryl/α,β-unsaturated/α-hetero) is 2. The Labute approximate surface area is 192 Å². The van der Waals surface area contributed by atoms with E-state index < -0.39 is 6.10 Å². The van der Waals surface area contributed by atoms with Crippen LogP contribution in [0.1, 0.15) is 53.8 Å². The molecule has 1 atom stereocenters. The van der Waals surface area contributed by atoms with Crippen LogP contribution in [0.4, 0.5) is 11.8 Å². The number of aromatic nitrogens is 2. The second kappa shape index (κ2) is 10.6. The van der Waals surface area contributed by atoms with Gasteiger partial charge in [0, 0.05) is 43.3 Å². The smallest absolute Gasteiger partial charge is 0.265 e. The zero-order valence-corrected chi connectivity index (χ0v) is 19.3. The van der Waals surface area contributed by atoms with Gasteiger partial charge in [-0.15, -0.1) is 0 Å². The maximum Gasteiger partial charge on any atom is 0.265 e. The van der Waals surface area contributed by atoms with Gasteiger partial charge in [-0.3, -0.25) is 19.4 Å². The molecule has 0 aliphatic carbocycles. The number of amides is 1. The average Bonchev–Trinajstić information content (AvgIpc) is 3.31. The van der Waals surface area contributed by atoms with Crippen molar-refractivity contribution in [3.8, 4) is 0 Å². The number of rotatable bonds is 10. The molecule has 1 aromatic heterocycles. The molecule has 0 spiro atoms. The number of nitrogens with one attached hydrogen (secondary N) is 1. The number of ketones is 2. The monoisotopic (exact) mass is 457 g/mol. The summed E-state index contributed by atoms with van der Waals surface area (Å²) in [6.45, 7) is 4.51. The number of hydrogen-bond donors (Lipinski definition) is 3. The lowest BCUT2D eigenvalue weighted by molar-refractivity contribution is -0.144. The summed E-state index contributed by atoms with van der Waals surface area (Å²) in [4.78, 5) is 47.3. The van der Waals surface area contributed by atoms with Crippen LogP contribution in [-0.2, 0) is 9.53 Å². The number of ether oxygens (including phenoxy) is 1. The fraction of sp³-hybridized carbons (Fsp3) is 0.500. The number of carbonyl (C=O) groups is 3. The molecule has 2 heterocycles. The van der Waals surface area contributed by atoms with Crippen molar-refractivity contribution in [1.82, 2.24) is 20.4 Å². The zero-order chi connectivity index (χ0) is 24.1. The first kappa shape index (κ1) is 24.5. The van der Waals surface area contributed by atoms with Crippen LogP contribution >= 0.6 is 0 Å². The molecular formula is C22H31N7O4. The van der Waals surface area contributed by atoms with Gasteiger partial charge in [0.1, 0.15) is 11.9 Å². The van der Waals surface area contributed by atoms with Crippen molar-refractivity contribution in [3.05, 3.63) is 23.3 Å². The molecule has 1 unspecified atom stereocenters. The maximum absolute atomic E-state index is 12.6. The van der Waals surface area contributed by atoms with Gasteiger partial charge in [-0.1, -0.05) is 0 Å². The van der Waals surface area contributed by atoms with Gasteiger partial charge < -0.3 is 21.1 Å². The SMILES string of the molecule is CC(=O)c1cc2nc(N(C)CCCN(NCN)C(=O)C3CCCO3)nc(N)c2cc1C(C)=O. The minimum absolute atomic E-state index is 0.121. The number of benzene rings is 1. The molecule has 0 radical (unpaired) electrons. The fourth-order valence-electron chi connectivity index (χ4n) is 3.83. The minimum Gasteiger partial charge on any atom is -0.383 e. The number of nitrogen functional groups attached to an aromatic ring is 1. The molecule has 178 valence electrons. The first-order chi connectivity index (χ1) is 15.7. The van der Waals surface area contributed by atoms with E-state index in [0.717, 1.165) is 6.42 Å². The van der Waals surface area contributed by atoms with Gasteiger partial charge in [0.25, 0.3) is 5.91 Å². The number of carbonyl (C=O) groups excluding carboxylic acids is 3. The standard InChI is InChI=1S/C22H31N7O4/c1-13(30)15-10-17-18(11-16(15)14(2)31)26-22(27-20(17)24)28(3)7-5-8-29(25-12-23)21(32)19-6-4-9-33-19/h10-11,19,25H,4-9,12,23H2,1-3H3,(H2,24,26,27). The second-order valence-electron chi connectivity index (χ2n) is 8.07. The van der Waals surface area contributed by atoms with E-state index in [1.165, 1.54) is 18.9 Å². The summed E-state index contributed by atoms with van der Waals surface area (Å²) in [7, 11) is 1.82. The summed E-state index contributed by atoms with van der Waals surface area (Å²) in [6.07, 6.45) is 1.76. The highest BCUT2D eigenvalue weighted by Gasteiger charge is 2.28. The molecule has 0 saturated carbocycles. The molecule has 1 aliphatic rings. The molecule has 33 heavy (non-hydrogen) atoms. The fourth-order valence-corrected chi connectivity index (χ4v) is 3.83. The topological polar surface area (TPSA) is 157 Å². The Kier molecular flexibility index (Phi) is 7.90. The van der Waals surface area contributed by atoms with Gasteiger partial charge >= 0.3 is 0 Å². The van der Waals surface area contributed by atoms with Crippen molar-refractivity contribution >= 4 is 40.1 Å². The third-order valence-corrected chi connectivity index (χ3v) is 5.58. The zero-order valence-electron chi connectivity index (χ0n) is 19.3. The summed E-state index contributed by atoms with van der Waals surface area (Å²) in [5.74, 6) is 0.0339. The first-order valence-corrected chi connectivity index (χ1v) is 10.9. The number of nitrogens with zero attached hydrogens (tertiary/aromatic N) is 4. The van der Waals surface area contributed by atoms with E-state index in [4.69, 9.17) is 16.2 Å². The third kappa shape index (κ3) is 5.62. The highest BCUT2D eigenvalue weighted by atomic mass is 16.5. The van der Waals surface area contributed by atoms with Crippen molar-refractivity contribution < 1.29 is 19.1 Å². The Morgan fingerprint density at radius 2 is 1.85 bits per heavy atom. The highest BCUT2D eigenvalue weighted by Crippen LogP contribution is 2.26. The molecule has 5 N–H and O–H groups in total. The quantitative estimate of drug-likeness (QED) is 0.266. The molecule has 1 amide bonds. The van der Waals surface area contributed by atoms with E-state index in [0.29, 0.717) is 60.5 Å². The molecule has 1 aromatic carbocycles. The van der Waals surface area contributed by atoms with E-state index >= 15 is 0 Å². The lowest BCUT2D eigenvalue weighted by Crippen LogP contribution is -2.50. The van der Waals surface area contributed by atoms with Gasteiger partial charge in [-0.05, 0) is 45.2 Å². The second-order valence-corrected chi connectivity index (χ2v) is 8.07. The number of hydrazine groups is 1. The molecule has 1 fully saturated rings. The van der Waals surface area contributed by atoms with Gasteiger partial charge in [0.05, 0.1) is 12.2 Å². The van der Waals surface area contributed by atoms with Crippen LogP contribution < -0.4 is 21.8 Å². The largest absolute Gasteiger partial charge is 0.383 e. The van der Waals surface area contributed by atoms with Crippen molar-refractivity contribution in [2.45, 2.75) is 39.2 Å². The molecule has 0 bridgehead atoms. The molecule has 1 aliphatic heterocycles. The Balaban J connectivity index is 1.74. The average molecular weight is 458 g/mol. The molecule has 3 rings (SSSR count).